The third kappa shape index (κ3) is 3.18. The molecule has 36 heavy (non-hydrogen) atoms. The van der Waals surface area contributed by atoms with Crippen LogP contribution in [0, 0.1) is 17.7 Å². The van der Waals surface area contributed by atoms with Gasteiger partial charge in [-0.15, -0.1) is 0 Å². The zero-order chi connectivity index (χ0) is 24.7. The first-order chi connectivity index (χ1) is 17.4. The van der Waals surface area contributed by atoms with Crippen LogP contribution in [-0.4, -0.2) is 55.6 Å². The number of carbonyl (C=O) groups excluding carboxylic acids is 1. The Hall–Kier alpha value is -3.46. The molecule has 3 fully saturated rings. The number of likely N-dealkylation sites (tertiary alicyclic amines) is 1. The summed E-state index contributed by atoms with van der Waals surface area (Å²) in [6, 6.07) is 7.30. The summed E-state index contributed by atoms with van der Waals surface area (Å²) in [5, 5.41) is 0.751. The van der Waals surface area contributed by atoms with Crippen LogP contribution >= 0.6 is 0 Å². The number of benzene rings is 1. The molecule has 186 valence electrons. The van der Waals surface area contributed by atoms with Crippen molar-refractivity contribution < 1.29 is 13.9 Å². The summed E-state index contributed by atoms with van der Waals surface area (Å²) in [5.74, 6) is 1.93. The molecule has 4 aromatic rings. The maximum Gasteiger partial charge on any atom is 0.254 e. The molecule has 9 heteroatoms. The third-order valence-electron chi connectivity index (χ3n) is 8.38. The first-order valence-corrected chi connectivity index (χ1v) is 12.7. The second-order valence-electron chi connectivity index (χ2n) is 10.6. The number of aryl methyl sites for hydroxylation is 1. The van der Waals surface area contributed by atoms with Gasteiger partial charge in [-0.3, -0.25) is 4.79 Å². The van der Waals surface area contributed by atoms with Gasteiger partial charge in [-0.2, -0.15) is 0 Å². The van der Waals surface area contributed by atoms with Gasteiger partial charge in [-0.1, -0.05) is 0 Å². The molecule has 2 saturated carbocycles. The van der Waals surface area contributed by atoms with Crippen molar-refractivity contribution in [1.82, 2.24) is 24.0 Å². The second-order valence-corrected chi connectivity index (χ2v) is 10.6. The van der Waals surface area contributed by atoms with Gasteiger partial charge in [0, 0.05) is 43.2 Å². The lowest BCUT2D eigenvalue weighted by Crippen LogP contribution is -2.41. The number of nitrogens with two attached hydrogens (primary N) is 1. The Balaban J connectivity index is 1.35. The fourth-order valence-corrected chi connectivity index (χ4v) is 6.31. The Morgan fingerprint density at radius 1 is 1.19 bits per heavy atom. The Labute approximate surface area is 207 Å². The standard InChI is InChI=1S/C27H29FN6O2/c1-32-24-19(8-17(10-22(24)36-2)27(35)34-13-15-5-6-20(34)23(15)29)31-26(32)21-9-16-7-18(28)11-30-25(16)33(21)12-14-3-4-14/h7-11,14-15,20,23H,3-6,12-13,29H2,1-2H3/t15-,20-,23-/m1/s1. The van der Waals surface area contributed by atoms with E-state index in [2.05, 4.69) is 9.55 Å². The monoisotopic (exact) mass is 488 g/mol. The van der Waals surface area contributed by atoms with Gasteiger partial charge in [0.05, 0.1) is 24.5 Å². The normalized spacial score (nSPS) is 23.3. The van der Waals surface area contributed by atoms with E-state index in [-0.39, 0.29) is 23.8 Å². The van der Waals surface area contributed by atoms with E-state index >= 15 is 0 Å². The summed E-state index contributed by atoms with van der Waals surface area (Å²) in [6.07, 6.45) is 5.69. The van der Waals surface area contributed by atoms with Crippen LogP contribution in [0.5, 0.6) is 5.75 Å². The Bertz CT molecular complexity index is 1540. The average molecular weight is 489 g/mol. The molecule has 1 amide bonds. The van der Waals surface area contributed by atoms with E-state index in [0.29, 0.717) is 35.2 Å². The molecule has 2 N–H and O–H groups in total. The van der Waals surface area contributed by atoms with E-state index in [1.807, 2.05) is 34.7 Å². The van der Waals surface area contributed by atoms with Crippen LogP contribution in [0.2, 0.25) is 0 Å². The maximum absolute atomic E-state index is 14.0. The Kier molecular flexibility index (Phi) is 4.70. The van der Waals surface area contributed by atoms with Gasteiger partial charge >= 0.3 is 0 Å². The summed E-state index contributed by atoms with van der Waals surface area (Å²) in [7, 11) is 3.56. The number of fused-ring (bicyclic) bond motifs is 4. The predicted octanol–water partition coefficient (Wildman–Crippen LogP) is 3.71. The smallest absolute Gasteiger partial charge is 0.254 e. The lowest BCUT2D eigenvalue weighted by Gasteiger charge is -2.27. The summed E-state index contributed by atoms with van der Waals surface area (Å²) in [5.41, 5.74) is 10.1. The highest BCUT2D eigenvalue weighted by Gasteiger charge is 2.47. The Morgan fingerprint density at radius 3 is 2.72 bits per heavy atom. The van der Waals surface area contributed by atoms with Crippen LogP contribution in [0.15, 0.2) is 30.5 Å². The number of hydrogen-bond donors (Lipinski definition) is 1. The largest absolute Gasteiger partial charge is 0.494 e. The van der Waals surface area contributed by atoms with Gasteiger partial charge in [0.25, 0.3) is 5.91 Å². The van der Waals surface area contributed by atoms with Crippen molar-refractivity contribution in [3.63, 3.8) is 0 Å². The lowest BCUT2D eigenvalue weighted by atomic mass is 10.1. The molecule has 3 aromatic heterocycles. The first-order valence-electron chi connectivity index (χ1n) is 12.7. The highest BCUT2D eigenvalue weighted by atomic mass is 19.1. The molecule has 7 rings (SSSR count). The number of rotatable bonds is 5. The van der Waals surface area contributed by atoms with Crippen LogP contribution in [0.25, 0.3) is 33.6 Å². The van der Waals surface area contributed by atoms with Gasteiger partial charge in [0.2, 0.25) is 0 Å². The van der Waals surface area contributed by atoms with Crippen molar-refractivity contribution >= 4 is 28.0 Å². The van der Waals surface area contributed by atoms with E-state index < -0.39 is 0 Å². The molecule has 0 radical (unpaired) electrons. The number of amides is 1. The number of piperidine rings is 1. The van der Waals surface area contributed by atoms with E-state index in [1.165, 1.54) is 25.1 Å². The molecule has 1 saturated heterocycles. The molecule has 1 aliphatic heterocycles. The fraction of sp³-hybridized carbons (Fsp3) is 0.444. The van der Waals surface area contributed by atoms with Crippen molar-refractivity contribution in [2.45, 2.75) is 44.3 Å². The van der Waals surface area contributed by atoms with Gasteiger partial charge in [0.15, 0.2) is 5.82 Å². The number of carbonyl (C=O) groups is 1. The lowest BCUT2D eigenvalue weighted by molar-refractivity contribution is 0.0700. The minimum atomic E-state index is -0.359. The SMILES string of the molecule is COc1cc(C(=O)N2C[C@H]3CC[C@@H]2[C@@H]3N)cc2nc(-c3cc4cc(F)cnc4n3CC3CC3)n(C)c12. The van der Waals surface area contributed by atoms with Gasteiger partial charge in [-0.25, -0.2) is 14.4 Å². The maximum atomic E-state index is 14.0. The summed E-state index contributed by atoms with van der Waals surface area (Å²) < 4.78 is 23.9. The van der Waals surface area contributed by atoms with Crippen molar-refractivity contribution in [2.75, 3.05) is 13.7 Å². The van der Waals surface area contributed by atoms with E-state index in [9.17, 15) is 9.18 Å². The minimum Gasteiger partial charge on any atom is -0.494 e. The van der Waals surface area contributed by atoms with Crippen LogP contribution in [-0.2, 0) is 13.6 Å². The zero-order valence-electron chi connectivity index (χ0n) is 20.4. The molecule has 2 aliphatic carbocycles. The molecule has 2 bridgehead atoms. The van der Waals surface area contributed by atoms with Gasteiger partial charge in [0.1, 0.15) is 22.7 Å². The average Bonchev–Trinajstić information content (AvgIpc) is 3.28. The van der Waals surface area contributed by atoms with E-state index in [1.54, 1.807) is 7.11 Å². The number of hydrogen-bond acceptors (Lipinski definition) is 5. The number of pyridine rings is 1. The third-order valence-corrected chi connectivity index (χ3v) is 8.38. The molecule has 8 nitrogen and oxygen atoms in total. The molecule has 3 aliphatic rings. The number of ether oxygens (including phenoxy) is 1. The minimum absolute atomic E-state index is 0.0208. The highest BCUT2D eigenvalue weighted by Crippen LogP contribution is 2.40. The summed E-state index contributed by atoms with van der Waals surface area (Å²) >= 11 is 0. The fourth-order valence-electron chi connectivity index (χ4n) is 6.31. The number of nitrogens with zero attached hydrogens (tertiary/aromatic N) is 5. The van der Waals surface area contributed by atoms with Gasteiger partial charge in [-0.05, 0) is 61.8 Å². The zero-order valence-corrected chi connectivity index (χ0v) is 20.4. The molecule has 1 aromatic carbocycles. The Morgan fingerprint density at radius 2 is 2.03 bits per heavy atom. The van der Waals surface area contributed by atoms with E-state index in [4.69, 9.17) is 15.5 Å². The van der Waals surface area contributed by atoms with E-state index in [0.717, 1.165) is 47.5 Å². The highest BCUT2D eigenvalue weighted by molar-refractivity contribution is 6.00. The first kappa shape index (κ1) is 21.8. The van der Waals surface area contributed by atoms with Crippen molar-refractivity contribution in [2.24, 2.45) is 24.6 Å². The molecule has 0 spiro atoms. The molecule has 0 unspecified atom stereocenters. The van der Waals surface area contributed by atoms with Crippen molar-refractivity contribution in [3.05, 3.63) is 41.8 Å². The quantitative estimate of drug-likeness (QED) is 0.463. The second kappa shape index (κ2) is 7.77. The molecular formula is C27H29FN6O2. The molecular weight excluding hydrogens is 459 g/mol. The van der Waals surface area contributed by atoms with Crippen molar-refractivity contribution in [3.8, 4) is 17.3 Å². The van der Waals surface area contributed by atoms with Crippen LogP contribution in [0.1, 0.15) is 36.0 Å². The topological polar surface area (TPSA) is 91.2 Å². The van der Waals surface area contributed by atoms with Crippen LogP contribution < -0.4 is 10.5 Å². The number of methoxy groups -OCH3 is 1. The summed E-state index contributed by atoms with van der Waals surface area (Å²) in [6.45, 7) is 1.53. The summed E-state index contributed by atoms with van der Waals surface area (Å²) in [4.78, 5) is 24.8. The van der Waals surface area contributed by atoms with Crippen LogP contribution in [0.4, 0.5) is 4.39 Å². The molecule has 4 heterocycles. The van der Waals surface area contributed by atoms with Crippen molar-refractivity contribution in [1.29, 1.82) is 0 Å². The predicted molar refractivity (Wildman–Crippen MR) is 134 cm³/mol. The number of aromatic nitrogens is 4. The van der Waals surface area contributed by atoms with Gasteiger partial charge < -0.3 is 24.5 Å². The molecule has 3 atom stereocenters. The number of imidazole rings is 1. The number of halogens is 1. The van der Waals surface area contributed by atoms with Crippen LogP contribution in [0.3, 0.4) is 0 Å².